The number of aliphatic carboxylic acids is 1. The Labute approximate surface area is 106 Å². The van der Waals surface area contributed by atoms with E-state index in [1.165, 1.54) is 0 Å². The summed E-state index contributed by atoms with van der Waals surface area (Å²) >= 11 is 1.13. The Morgan fingerprint density at radius 2 is 2.06 bits per heavy atom. The largest absolute Gasteiger partial charge is 0.480 e. The van der Waals surface area contributed by atoms with Gasteiger partial charge in [0.15, 0.2) is 0 Å². The lowest BCUT2D eigenvalue weighted by Gasteiger charge is -2.18. The Bertz CT molecular complexity index is 458. The minimum Gasteiger partial charge on any atom is -0.480 e. The Balaban J connectivity index is 2.69. The summed E-state index contributed by atoms with van der Waals surface area (Å²) in [4.78, 5) is 33.7. The molecule has 0 saturated heterocycles. The highest BCUT2D eigenvalue weighted by Crippen LogP contribution is 2.14. The average Bonchev–Trinajstić information content (AvgIpc) is 2.61. The Kier molecular flexibility index (Phi) is 4.54. The van der Waals surface area contributed by atoms with Crippen LogP contribution in [0.1, 0.15) is 5.01 Å². The van der Waals surface area contributed by atoms with Crippen LogP contribution in [0.25, 0.3) is 0 Å². The van der Waals surface area contributed by atoms with Crippen molar-refractivity contribution in [2.45, 2.75) is 6.92 Å². The summed E-state index contributed by atoms with van der Waals surface area (Å²) in [6.45, 7) is 0.578. The maximum absolute atomic E-state index is 11.7. The lowest BCUT2D eigenvalue weighted by Crippen LogP contribution is -2.43. The van der Waals surface area contributed by atoms with Crippen molar-refractivity contribution in [2.75, 3.05) is 18.4 Å². The van der Waals surface area contributed by atoms with E-state index in [9.17, 15) is 14.4 Å². The van der Waals surface area contributed by atoms with E-state index < -0.39 is 31.0 Å². The number of anilines is 1. The number of rotatable bonds is 5. The molecule has 1 rings (SSSR count). The number of urea groups is 1. The third-order valence-corrected chi connectivity index (χ3v) is 2.45. The van der Waals surface area contributed by atoms with E-state index >= 15 is 0 Å². The molecule has 0 aliphatic heterocycles. The molecule has 0 aliphatic rings. The Hall–Kier alpha value is -2.23. The van der Waals surface area contributed by atoms with Crippen molar-refractivity contribution >= 4 is 34.4 Å². The molecular weight excluding hydrogens is 262 g/mol. The van der Waals surface area contributed by atoms with Gasteiger partial charge in [-0.05, 0) is 6.92 Å². The highest BCUT2D eigenvalue weighted by Gasteiger charge is 2.19. The highest BCUT2D eigenvalue weighted by atomic mass is 32.1. The molecule has 4 N–H and O–H groups in total. The number of amides is 3. The second-order valence-electron chi connectivity index (χ2n) is 3.27. The maximum Gasteiger partial charge on any atom is 0.324 e. The zero-order chi connectivity index (χ0) is 13.7. The molecule has 9 nitrogen and oxygen atoms in total. The first kappa shape index (κ1) is 13.8. The molecule has 0 fully saturated rings. The van der Waals surface area contributed by atoms with Crippen molar-refractivity contribution in [3.8, 4) is 0 Å². The molecular formula is C8H11N5O4S. The summed E-state index contributed by atoms with van der Waals surface area (Å²) in [5.41, 5.74) is 4.93. The van der Waals surface area contributed by atoms with Crippen molar-refractivity contribution < 1.29 is 19.5 Å². The van der Waals surface area contributed by atoms with Gasteiger partial charge in [-0.15, -0.1) is 10.2 Å². The van der Waals surface area contributed by atoms with Crippen LogP contribution in [0.4, 0.5) is 9.93 Å². The first-order chi connectivity index (χ1) is 8.38. The van der Waals surface area contributed by atoms with Crippen LogP contribution in [-0.4, -0.2) is 51.2 Å². The molecule has 0 unspecified atom stereocenters. The summed E-state index contributed by atoms with van der Waals surface area (Å²) in [5.74, 6) is -2.06. The van der Waals surface area contributed by atoms with Crippen LogP contribution in [0.5, 0.6) is 0 Å². The SMILES string of the molecule is Cc1nnc(NC(=O)N(CC(N)=O)CC(=O)O)s1. The summed E-state index contributed by atoms with van der Waals surface area (Å²) in [5, 5.41) is 19.1. The minimum absolute atomic E-state index is 0.220. The van der Waals surface area contributed by atoms with Crippen LogP contribution >= 0.6 is 11.3 Å². The highest BCUT2D eigenvalue weighted by molar-refractivity contribution is 7.15. The van der Waals surface area contributed by atoms with Gasteiger partial charge in [0.1, 0.15) is 18.1 Å². The number of carboxylic acid groups (broad SMARTS) is 1. The van der Waals surface area contributed by atoms with Gasteiger partial charge in [-0.1, -0.05) is 11.3 Å². The fraction of sp³-hybridized carbons (Fsp3) is 0.375. The van der Waals surface area contributed by atoms with Crippen LogP contribution in [0, 0.1) is 6.92 Å². The normalized spacial score (nSPS) is 9.83. The maximum atomic E-state index is 11.7. The molecule has 0 spiro atoms. The van der Waals surface area contributed by atoms with E-state index in [4.69, 9.17) is 10.8 Å². The van der Waals surface area contributed by atoms with E-state index in [-0.39, 0.29) is 5.13 Å². The van der Waals surface area contributed by atoms with Crippen molar-refractivity contribution in [3.63, 3.8) is 0 Å². The van der Waals surface area contributed by atoms with E-state index in [1.54, 1.807) is 6.92 Å². The van der Waals surface area contributed by atoms with E-state index in [1.807, 2.05) is 0 Å². The number of nitrogens with zero attached hydrogens (tertiary/aromatic N) is 3. The zero-order valence-electron chi connectivity index (χ0n) is 9.41. The molecule has 1 aromatic rings. The summed E-state index contributed by atoms with van der Waals surface area (Å²) in [7, 11) is 0. The van der Waals surface area contributed by atoms with Crippen molar-refractivity contribution in [2.24, 2.45) is 5.73 Å². The summed E-state index contributed by atoms with van der Waals surface area (Å²) in [6, 6.07) is -0.771. The second kappa shape index (κ2) is 5.91. The van der Waals surface area contributed by atoms with Crippen LogP contribution < -0.4 is 11.1 Å². The number of nitrogens with two attached hydrogens (primary N) is 1. The monoisotopic (exact) mass is 273 g/mol. The smallest absolute Gasteiger partial charge is 0.324 e. The fourth-order valence-corrected chi connectivity index (χ4v) is 1.65. The number of primary amides is 1. The number of hydrogen-bond acceptors (Lipinski definition) is 6. The average molecular weight is 273 g/mol. The molecule has 0 saturated carbocycles. The molecule has 0 bridgehead atoms. The van der Waals surface area contributed by atoms with Crippen LogP contribution in [0.2, 0.25) is 0 Å². The van der Waals surface area contributed by atoms with Crippen LogP contribution in [-0.2, 0) is 9.59 Å². The molecule has 10 heteroatoms. The first-order valence-corrected chi connectivity index (χ1v) is 5.56. The van der Waals surface area contributed by atoms with Crippen molar-refractivity contribution in [3.05, 3.63) is 5.01 Å². The number of carboxylic acids is 1. The summed E-state index contributed by atoms with van der Waals surface area (Å²) in [6.07, 6.45) is 0. The number of carbonyl (C=O) groups excluding carboxylic acids is 2. The molecule has 1 aromatic heterocycles. The predicted octanol–water partition coefficient (Wildman–Crippen LogP) is -0.750. The minimum atomic E-state index is -1.25. The Morgan fingerprint density at radius 3 is 2.50 bits per heavy atom. The van der Waals surface area contributed by atoms with E-state index in [0.717, 1.165) is 16.2 Å². The number of nitrogens with one attached hydrogen (secondary N) is 1. The molecule has 98 valence electrons. The van der Waals surface area contributed by atoms with E-state index in [2.05, 4.69) is 15.5 Å². The topological polar surface area (TPSA) is 139 Å². The number of carbonyl (C=O) groups is 3. The van der Waals surface area contributed by atoms with Gasteiger partial charge in [-0.3, -0.25) is 14.9 Å². The van der Waals surface area contributed by atoms with Gasteiger partial charge in [0.2, 0.25) is 11.0 Å². The quantitative estimate of drug-likeness (QED) is 0.645. The van der Waals surface area contributed by atoms with Crippen LogP contribution in [0.15, 0.2) is 0 Å². The number of aromatic nitrogens is 2. The number of hydrogen-bond donors (Lipinski definition) is 3. The summed E-state index contributed by atoms with van der Waals surface area (Å²) < 4.78 is 0. The molecule has 0 radical (unpaired) electrons. The van der Waals surface area contributed by atoms with Gasteiger partial charge in [0, 0.05) is 0 Å². The lowest BCUT2D eigenvalue weighted by molar-refractivity contribution is -0.137. The molecule has 3 amide bonds. The van der Waals surface area contributed by atoms with Crippen molar-refractivity contribution in [1.82, 2.24) is 15.1 Å². The molecule has 0 aromatic carbocycles. The standard InChI is InChI=1S/C8H11N5O4S/c1-4-11-12-7(18-4)10-8(17)13(2-5(9)14)3-6(15)16/h2-3H2,1H3,(H2,9,14)(H,15,16)(H,10,12,17). The van der Waals surface area contributed by atoms with E-state index in [0.29, 0.717) is 5.01 Å². The van der Waals surface area contributed by atoms with Crippen molar-refractivity contribution in [1.29, 1.82) is 0 Å². The van der Waals surface area contributed by atoms with Gasteiger partial charge in [-0.2, -0.15) is 0 Å². The molecule has 1 heterocycles. The predicted molar refractivity (Wildman–Crippen MR) is 62.1 cm³/mol. The second-order valence-corrected chi connectivity index (χ2v) is 4.45. The van der Waals surface area contributed by atoms with Gasteiger partial charge in [0.25, 0.3) is 0 Å². The van der Waals surface area contributed by atoms with Gasteiger partial charge in [-0.25, -0.2) is 4.79 Å². The van der Waals surface area contributed by atoms with Crippen LogP contribution in [0.3, 0.4) is 0 Å². The third kappa shape index (κ3) is 4.33. The molecule has 0 aliphatic carbocycles. The number of aryl methyl sites for hydroxylation is 1. The first-order valence-electron chi connectivity index (χ1n) is 4.74. The molecule has 18 heavy (non-hydrogen) atoms. The third-order valence-electron chi connectivity index (χ3n) is 1.70. The fourth-order valence-electron chi connectivity index (χ4n) is 1.07. The lowest BCUT2D eigenvalue weighted by atomic mass is 10.5. The zero-order valence-corrected chi connectivity index (χ0v) is 10.2. The van der Waals surface area contributed by atoms with Gasteiger partial charge >= 0.3 is 12.0 Å². The van der Waals surface area contributed by atoms with Gasteiger partial charge in [0.05, 0.1) is 0 Å². The molecule has 0 atom stereocenters. The Morgan fingerprint density at radius 1 is 1.39 bits per heavy atom. The van der Waals surface area contributed by atoms with Gasteiger partial charge < -0.3 is 15.7 Å².